The first-order valence-electron chi connectivity index (χ1n) is 8.37. The first-order chi connectivity index (χ1) is 11.6. The molecule has 7 nitrogen and oxygen atoms in total. The molecule has 0 heterocycles. The predicted molar refractivity (Wildman–Crippen MR) is 95.9 cm³/mol. The van der Waals surface area contributed by atoms with Gasteiger partial charge in [-0.3, -0.25) is 4.79 Å². The van der Waals surface area contributed by atoms with E-state index in [2.05, 4.69) is 0 Å². The number of phenolic OH excluding ortho intramolecular Hbond substituents is 1. The molecule has 0 saturated heterocycles. The molecule has 0 aromatic heterocycles. The molecule has 25 heavy (non-hydrogen) atoms. The van der Waals surface area contributed by atoms with Crippen molar-refractivity contribution in [2.75, 3.05) is 6.54 Å². The monoisotopic (exact) mass is 351 g/mol. The highest BCUT2D eigenvalue weighted by Gasteiger charge is 2.34. The van der Waals surface area contributed by atoms with Gasteiger partial charge >= 0.3 is 6.09 Å². The van der Waals surface area contributed by atoms with Gasteiger partial charge < -0.3 is 21.3 Å². The molecule has 0 aliphatic heterocycles. The van der Waals surface area contributed by atoms with Gasteiger partial charge in [-0.2, -0.15) is 0 Å². The second-order valence-electron chi connectivity index (χ2n) is 6.99. The number of amides is 2. The lowest BCUT2D eigenvalue weighted by atomic mass is 10.0. The van der Waals surface area contributed by atoms with Gasteiger partial charge in [0.05, 0.1) is 12.1 Å². The molecule has 1 aromatic rings. The zero-order valence-electron chi connectivity index (χ0n) is 15.4. The van der Waals surface area contributed by atoms with Gasteiger partial charge in [0.1, 0.15) is 11.4 Å². The van der Waals surface area contributed by atoms with Gasteiger partial charge in [-0.15, -0.1) is 0 Å². The van der Waals surface area contributed by atoms with Crippen LogP contribution in [0.15, 0.2) is 24.3 Å². The van der Waals surface area contributed by atoms with Crippen molar-refractivity contribution in [1.82, 2.24) is 4.90 Å². The first-order valence-corrected chi connectivity index (χ1v) is 8.37. The molecule has 1 aromatic carbocycles. The number of nitrogens with two attached hydrogens (primary N) is 2. The normalized spacial score (nSPS) is 13.8. The van der Waals surface area contributed by atoms with E-state index in [1.165, 1.54) is 12.1 Å². The van der Waals surface area contributed by atoms with Crippen molar-refractivity contribution in [2.24, 2.45) is 11.5 Å². The second-order valence-corrected chi connectivity index (χ2v) is 6.99. The average molecular weight is 351 g/mol. The number of carbonyl (C=O) groups is 2. The number of ether oxygens (including phenoxy) is 1. The number of carbonyl (C=O) groups excluding carboxylic acids is 2. The van der Waals surface area contributed by atoms with Gasteiger partial charge in [0.25, 0.3) is 0 Å². The van der Waals surface area contributed by atoms with Crippen LogP contribution in [0, 0.1) is 0 Å². The third kappa shape index (κ3) is 6.36. The molecule has 1 rings (SSSR count). The molecule has 140 valence electrons. The van der Waals surface area contributed by atoms with Crippen molar-refractivity contribution < 1.29 is 19.4 Å². The van der Waals surface area contributed by atoms with E-state index in [0.29, 0.717) is 24.9 Å². The molecule has 0 fully saturated rings. The Kier molecular flexibility index (Phi) is 7.38. The summed E-state index contributed by atoms with van der Waals surface area (Å²) in [7, 11) is 0. The van der Waals surface area contributed by atoms with Gasteiger partial charge in [0.2, 0.25) is 5.91 Å². The standard InChI is InChI=1S/C18H29N3O4/c1-12(13-7-9-14(22)10-8-13)21(17(24)25-18(2,3)4)16(23)15(20)6-5-11-19/h7-10,12,15,22H,5-6,11,19-20H2,1-4H3/t12?,15-/m1/s1. The Morgan fingerprint density at radius 1 is 1.24 bits per heavy atom. The maximum absolute atomic E-state index is 12.8. The lowest BCUT2D eigenvalue weighted by Gasteiger charge is -2.32. The van der Waals surface area contributed by atoms with E-state index in [4.69, 9.17) is 16.2 Å². The molecule has 0 aliphatic rings. The SMILES string of the molecule is CC(c1ccc(O)cc1)N(C(=O)OC(C)(C)C)C(=O)[C@H](N)CCCN. The van der Waals surface area contributed by atoms with Crippen molar-refractivity contribution in [3.8, 4) is 5.75 Å². The number of phenols is 1. The zero-order chi connectivity index (χ0) is 19.2. The summed E-state index contributed by atoms with van der Waals surface area (Å²) < 4.78 is 5.38. The third-order valence-corrected chi connectivity index (χ3v) is 3.63. The summed E-state index contributed by atoms with van der Waals surface area (Å²) in [6, 6.07) is 4.87. The summed E-state index contributed by atoms with van der Waals surface area (Å²) in [5.74, 6) is -0.408. The van der Waals surface area contributed by atoms with Crippen molar-refractivity contribution in [1.29, 1.82) is 0 Å². The molecule has 2 atom stereocenters. The number of nitrogens with zero attached hydrogens (tertiary/aromatic N) is 1. The van der Waals surface area contributed by atoms with Crippen LogP contribution in [0.25, 0.3) is 0 Å². The third-order valence-electron chi connectivity index (χ3n) is 3.63. The van der Waals surface area contributed by atoms with E-state index in [1.54, 1.807) is 39.8 Å². The highest BCUT2D eigenvalue weighted by Crippen LogP contribution is 2.25. The van der Waals surface area contributed by atoms with Gasteiger partial charge in [-0.05, 0) is 64.8 Å². The molecule has 5 N–H and O–H groups in total. The van der Waals surface area contributed by atoms with Crippen LogP contribution < -0.4 is 11.5 Å². The molecule has 1 unspecified atom stereocenters. The topological polar surface area (TPSA) is 119 Å². The molecule has 0 aliphatic carbocycles. The molecule has 0 radical (unpaired) electrons. The first kappa shape index (κ1) is 20.9. The fourth-order valence-corrected chi connectivity index (χ4v) is 2.29. The maximum atomic E-state index is 12.8. The summed E-state index contributed by atoms with van der Waals surface area (Å²) in [5.41, 5.74) is 11.4. The minimum atomic E-state index is -0.837. The Balaban J connectivity index is 3.11. The van der Waals surface area contributed by atoms with E-state index < -0.39 is 29.7 Å². The predicted octanol–water partition coefficient (Wildman–Crippen LogP) is 2.28. The Morgan fingerprint density at radius 2 is 1.80 bits per heavy atom. The van der Waals surface area contributed by atoms with Crippen LogP contribution in [0.5, 0.6) is 5.75 Å². The van der Waals surface area contributed by atoms with Crippen molar-refractivity contribution in [3.05, 3.63) is 29.8 Å². The summed E-state index contributed by atoms with van der Waals surface area (Å²) in [6.07, 6.45) is 0.223. The molecule has 0 saturated carbocycles. The van der Waals surface area contributed by atoms with Crippen molar-refractivity contribution in [3.63, 3.8) is 0 Å². The number of benzene rings is 1. The summed E-state index contributed by atoms with van der Waals surface area (Å²) in [5, 5.41) is 9.43. The zero-order valence-corrected chi connectivity index (χ0v) is 15.4. The fraction of sp³-hybridized carbons (Fsp3) is 0.556. The second kappa shape index (κ2) is 8.82. The van der Waals surface area contributed by atoms with Crippen molar-refractivity contribution in [2.45, 2.75) is 58.2 Å². The summed E-state index contributed by atoms with van der Waals surface area (Å²) >= 11 is 0. The Hall–Kier alpha value is -2.12. The molecule has 7 heteroatoms. The Labute approximate surface area is 148 Å². The van der Waals surface area contributed by atoms with E-state index in [0.717, 1.165) is 4.90 Å². The molecule has 2 amide bonds. The molecule has 0 spiro atoms. The van der Waals surface area contributed by atoms with Crippen LogP contribution in [0.4, 0.5) is 4.79 Å². The highest BCUT2D eigenvalue weighted by molar-refractivity contribution is 5.95. The summed E-state index contributed by atoms with van der Waals surface area (Å²) in [4.78, 5) is 26.4. The summed E-state index contributed by atoms with van der Waals surface area (Å²) in [6.45, 7) is 7.32. The van der Waals surface area contributed by atoms with Gasteiger partial charge in [-0.25, -0.2) is 9.69 Å². The molecular formula is C18H29N3O4. The Morgan fingerprint density at radius 3 is 2.28 bits per heavy atom. The van der Waals surface area contributed by atoms with Gasteiger partial charge in [0.15, 0.2) is 0 Å². The van der Waals surface area contributed by atoms with Crippen molar-refractivity contribution >= 4 is 12.0 Å². The Bertz CT molecular complexity index is 581. The molecule has 0 bridgehead atoms. The maximum Gasteiger partial charge on any atom is 0.417 e. The fourth-order valence-electron chi connectivity index (χ4n) is 2.29. The van der Waals surface area contributed by atoms with Crippen LogP contribution in [-0.4, -0.2) is 40.2 Å². The van der Waals surface area contributed by atoms with E-state index in [9.17, 15) is 14.7 Å². The van der Waals surface area contributed by atoms with E-state index >= 15 is 0 Å². The van der Waals surface area contributed by atoms with E-state index in [1.807, 2.05) is 0 Å². The number of rotatable bonds is 6. The van der Waals surface area contributed by atoms with Gasteiger partial charge in [0, 0.05) is 0 Å². The molecular weight excluding hydrogens is 322 g/mol. The van der Waals surface area contributed by atoms with E-state index in [-0.39, 0.29) is 5.75 Å². The minimum Gasteiger partial charge on any atom is -0.508 e. The smallest absolute Gasteiger partial charge is 0.417 e. The number of imide groups is 1. The highest BCUT2D eigenvalue weighted by atomic mass is 16.6. The van der Waals surface area contributed by atoms with Crippen LogP contribution >= 0.6 is 0 Å². The number of hydrogen-bond acceptors (Lipinski definition) is 6. The number of hydrogen-bond donors (Lipinski definition) is 3. The largest absolute Gasteiger partial charge is 0.508 e. The average Bonchev–Trinajstić information content (AvgIpc) is 2.51. The lowest BCUT2D eigenvalue weighted by Crippen LogP contribution is -2.49. The number of aromatic hydroxyl groups is 1. The minimum absolute atomic E-state index is 0.103. The van der Waals surface area contributed by atoms with Crippen LogP contribution in [0.2, 0.25) is 0 Å². The van der Waals surface area contributed by atoms with Crippen LogP contribution in [0.1, 0.15) is 52.1 Å². The van der Waals surface area contributed by atoms with Gasteiger partial charge in [-0.1, -0.05) is 12.1 Å². The van der Waals surface area contributed by atoms with Crippen LogP contribution in [0.3, 0.4) is 0 Å². The quantitative estimate of drug-likeness (QED) is 0.723. The lowest BCUT2D eigenvalue weighted by molar-refractivity contribution is -0.133. The van der Waals surface area contributed by atoms with Crippen LogP contribution in [-0.2, 0) is 9.53 Å².